The highest BCUT2D eigenvalue weighted by molar-refractivity contribution is 5.77. The predicted molar refractivity (Wildman–Crippen MR) is 74.9 cm³/mol. The van der Waals surface area contributed by atoms with E-state index in [0.29, 0.717) is 23.9 Å². The Morgan fingerprint density at radius 3 is 2.61 bits per heavy atom. The quantitative estimate of drug-likeness (QED) is 0.701. The Hall–Kier alpha value is -2.56. The van der Waals surface area contributed by atoms with Gasteiger partial charge < -0.3 is 16.4 Å². The van der Waals surface area contributed by atoms with Gasteiger partial charge in [0, 0.05) is 12.2 Å². The number of rotatable bonds is 5. The summed E-state index contributed by atoms with van der Waals surface area (Å²) in [5.41, 5.74) is 7.41. The van der Waals surface area contributed by atoms with Crippen LogP contribution in [0, 0.1) is 0 Å². The SMILES string of the molecule is C=CCNc1ncnc(Nc2ccccc2)c1N. The second-order valence-electron chi connectivity index (χ2n) is 3.65. The fourth-order valence-electron chi connectivity index (χ4n) is 1.46. The van der Waals surface area contributed by atoms with E-state index in [0.717, 1.165) is 5.69 Å². The van der Waals surface area contributed by atoms with Gasteiger partial charge in [-0.3, -0.25) is 0 Å². The second-order valence-corrected chi connectivity index (χ2v) is 3.65. The maximum atomic E-state index is 5.99. The van der Waals surface area contributed by atoms with Gasteiger partial charge in [0.05, 0.1) is 0 Å². The van der Waals surface area contributed by atoms with Crippen LogP contribution in [0.25, 0.3) is 0 Å². The highest BCUT2D eigenvalue weighted by Gasteiger charge is 2.07. The van der Waals surface area contributed by atoms with E-state index in [2.05, 4.69) is 27.2 Å². The fourth-order valence-corrected chi connectivity index (χ4v) is 1.46. The van der Waals surface area contributed by atoms with Gasteiger partial charge >= 0.3 is 0 Å². The second kappa shape index (κ2) is 5.67. The van der Waals surface area contributed by atoms with E-state index in [9.17, 15) is 0 Å². The molecule has 0 unspecified atom stereocenters. The summed E-state index contributed by atoms with van der Waals surface area (Å²) in [5.74, 6) is 1.19. The largest absolute Gasteiger partial charge is 0.393 e. The molecule has 0 radical (unpaired) electrons. The zero-order chi connectivity index (χ0) is 12.8. The summed E-state index contributed by atoms with van der Waals surface area (Å²) >= 11 is 0. The van der Waals surface area contributed by atoms with Gasteiger partial charge in [-0.1, -0.05) is 24.3 Å². The van der Waals surface area contributed by atoms with Crippen LogP contribution in [0.3, 0.4) is 0 Å². The normalized spacial score (nSPS) is 9.78. The van der Waals surface area contributed by atoms with Crippen LogP contribution < -0.4 is 16.4 Å². The van der Waals surface area contributed by atoms with Crippen LogP contribution in [0.5, 0.6) is 0 Å². The molecule has 0 aliphatic heterocycles. The molecule has 0 spiro atoms. The lowest BCUT2D eigenvalue weighted by atomic mass is 10.3. The molecule has 1 aromatic heterocycles. The highest BCUT2D eigenvalue weighted by Crippen LogP contribution is 2.25. The first-order valence-electron chi connectivity index (χ1n) is 5.58. The summed E-state index contributed by atoms with van der Waals surface area (Å²) < 4.78 is 0. The number of benzene rings is 1. The molecule has 0 fully saturated rings. The van der Waals surface area contributed by atoms with Crippen molar-refractivity contribution in [1.82, 2.24) is 9.97 Å². The van der Waals surface area contributed by atoms with Gasteiger partial charge in [-0.2, -0.15) is 0 Å². The van der Waals surface area contributed by atoms with Crippen LogP contribution in [0.15, 0.2) is 49.3 Å². The highest BCUT2D eigenvalue weighted by atomic mass is 15.1. The Kier molecular flexibility index (Phi) is 3.76. The minimum Gasteiger partial charge on any atom is -0.393 e. The molecule has 2 aromatic rings. The van der Waals surface area contributed by atoms with E-state index in [-0.39, 0.29) is 0 Å². The first kappa shape index (κ1) is 11.9. The predicted octanol–water partition coefficient (Wildman–Crippen LogP) is 2.40. The van der Waals surface area contributed by atoms with Crippen molar-refractivity contribution in [3.63, 3.8) is 0 Å². The van der Waals surface area contributed by atoms with E-state index in [1.165, 1.54) is 6.33 Å². The summed E-state index contributed by atoms with van der Waals surface area (Å²) in [6, 6.07) is 9.72. The molecule has 5 nitrogen and oxygen atoms in total. The Bertz CT molecular complexity index is 524. The number of para-hydroxylation sites is 1. The van der Waals surface area contributed by atoms with Crippen molar-refractivity contribution in [3.05, 3.63) is 49.3 Å². The third-order valence-electron chi connectivity index (χ3n) is 2.33. The third kappa shape index (κ3) is 2.76. The minimum absolute atomic E-state index is 0.489. The maximum Gasteiger partial charge on any atom is 0.159 e. The minimum atomic E-state index is 0.489. The molecular formula is C13H15N5. The number of hydrogen-bond acceptors (Lipinski definition) is 5. The summed E-state index contributed by atoms with van der Waals surface area (Å²) in [5, 5.41) is 6.20. The van der Waals surface area contributed by atoms with Crippen molar-refractivity contribution in [2.75, 3.05) is 22.9 Å². The van der Waals surface area contributed by atoms with Gasteiger partial charge in [-0.05, 0) is 12.1 Å². The summed E-state index contributed by atoms with van der Waals surface area (Å²) in [7, 11) is 0. The molecule has 1 aromatic carbocycles. The van der Waals surface area contributed by atoms with Gasteiger partial charge in [0.1, 0.15) is 12.0 Å². The first-order chi connectivity index (χ1) is 8.81. The lowest BCUT2D eigenvalue weighted by Crippen LogP contribution is -2.07. The average Bonchev–Trinajstić information content (AvgIpc) is 2.41. The molecule has 18 heavy (non-hydrogen) atoms. The van der Waals surface area contributed by atoms with Gasteiger partial charge in [0.2, 0.25) is 0 Å². The molecule has 5 heteroatoms. The molecular weight excluding hydrogens is 226 g/mol. The van der Waals surface area contributed by atoms with Gasteiger partial charge in [0.25, 0.3) is 0 Å². The number of nitrogens with zero attached hydrogens (tertiary/aromatic N) is 2. The van der Waals surface area contributed by atoms with Crippen LogP contribution in [-0.4, -0.2) is 16.5 Å². The average molecular weight is 241 g/mol. The summed E-state index contributed by atoms with van der Waals surface area (Å²) in [4.78, 5) is 8.21. The molecule has 0 bridgehead atoms. The number of hydrogen-bond donors (Lipinski definition) is 3. The Morgan fingerprint density at radius 2 is 1.89 bits per heavy atom. The maximum absolute atomic E-state index is 5.99. The van der Waals surface area contributed by atoms with Crippen LogP contribution in [0.1, 0.15) is 0 Å². The lowest BCUT2D eigenvalue weighted by molar-refractivity contribution is 1.14. The zero-order valence-corrected chi connectivity index (χ0v) is 9.93. The van der Waals surface area contributed by atoms with Gasteiger partial charge in [-0.15, -0.1) is 6.58 Å². The van der Waals surface area contributed by atoms with E-state index < -0.39 is 0 Å². The van der Waals surface area contributed by atoms with Crippen LogP contribution in [0.2, 0.25) is 0 Å². The number of nitrogen functional groups attached to an aromatic ring is 1. The van der Waals surface area contributed by atoms with Crippen molar-refractivity contribution in [2.24, 2.45) is 0 Å². The summed E-state index contributed by atoms with van der Waals surface area (Å²) in [6.07, 6.45) is 3.21. The number of nitrogens with one attached hydrogen (secondary N) is 2. The first-order valence-corrected chi connectivity index (χ1v) is 5.58. The van der Waals surface area contributed by atoms with E-state index in [1.54, 1.807) is 6.08 Å². The number of anilines is 4. The van der Waals surface area contributed by atoms with Crippen molar-refractivity contribution in [3.8, 4) is 0 Å². The molecule has 0 saturated carbocycles. The molecule has 4 N–H and O–H groups in total. The van der Waals surface area contributed by atoms with Gasteiger partial charge in [-0.25, -0.2) is 9.97 Å². The molecule has 0 atom stereocenters. The van der Waals surface area contributed by atoms with E-state index >= 15 is 0 Å². The molecule has 1 heterocycles. The molecule has 2 rings (SSSR count). The third-order valence-corrected chi connectivity index (χ3v) is 2.33. The monoisotopic (exact) mass is 241 g/mol. The smallest absolute Gasteiger partial charge is 0.159 e. The Labute approximate surface area is 106 Å². The molecule has 0 saturated heterocycles. The number of aromatic nitrogens is 2. The van der Waals surface area contributed by atoms with Crippen molar-refractivity contribution in [1.29, 1.82) is 0 Å². The van der Waals surface area contributed by atoms with Crippen LogP contribution in [0.4, 0.5) is 23.0 Å². The van der Waals surface area contributed by atoms with Crippen molar-refractivity contribution in [2.45, 2.75) is 0 Å². The van der Waals surface area contributed by atoms with Crippen LogP contribution in [-0.2, 0) is 0 Å². The molecule has 92 valence electrons. The van der Waals surface area contributed by atoms with Gasteiger partial charge in [0.15, 0.2) is 11.6 Å². The summed E-state index contributed by atoms with van der Waals surface area (Å²) in [6.45, 7) is 4.24. The topological polar surface area (TPSA) is 75.9 Å². The standard InChI is InChI=1S/C13H15N5/c1-2-8-15-12-11(14)13(17-9-16-12)18-10-6-4-3-5-7-10/h2-7,9H,1,8,14H2,(H2,15,16,17,18). The Morgan fingerprint density at radius 1 is 1.17 bits per heavy atom. The number of nitrogens with two attached hydrogens (primary N) is 1. The van der Waals surface area contributed by atoms with Crippen LogP contribution >= 0.6 is 0 Å². The fraction of sp³-hybridized carbons (Fsp3) is 0.0769. The van der Waals surface area contributed by atoms with E-state index in [4.69, 9.17) is 5.73 Å². The Balaban J connectivity index is 2.20. The molecule has 0 aliphatic rings. The molecule has 0 amide bonds. The van der Waals surface area contributed by atoms with Crippen molar-refractivity contribution < 1.29 is 0 Å². The molecule has 0 aliphatic carbocycles. The van der Waals surface area contributed by atoms with Crippen molar-refractivity contribution >= 4 is 23.0 Å². The van der Waals surface area contributed by atoms with E-state index in [1.807, 2.05) is 30.3 Å². The lowest BCUT2D eigenvalue weighted by Gasteiger charge is -2.11. The zero-order valence-electron chi connectivity index (χ0n) is 9.93.